The number of nitro groups is 1. The van der Waals surface area contributed by atoms with Crippen LogP contribution in [0.4, 0.5) is 11.5 Å². The van der Waals surface area contributed by atoms with Crippen LogP contribution in [0.15, 0.2) is 16.7 Å². The second-order valence-corrected chi connectivity index (χ2v) is 6.47. The van der Waals surface area contributed by atoms with Gasteiger partial charge in [-0.1, -0.05) is 6.42 Å². The average Bonchev–Trinajstić information content (AvgIpc) is 2.38. The molecule has 1 unspecified atom stereocenters. The zero-order valence-electron chi connectivity index (χ0n) is 9.76. The Hall–Kier alpha value is -0.820. The highest BCUT2D eigenvalue weighted by Crippen LogP contribution is 2.28. The smallest absolute Gasteiger partial charge is 0.312 e. The van der Waals surface area contributed by atoms with Crippen molar-refractivity contribution in [2.75, 3.05) is 17.6 Å². The molecule has 5 nitrogen and oxygen atoms in total. The van der Waals surface area contributed by atoms with E-state index in [9.17, 15) is 10.1 Å². The van der Waals surface area contributed by atoms with Crippen LogP contribution in [-0.2, 0) is 0 Å². The fourth-order valence-corrected chi connectivity index (χ4v) is 3.44. The average molecular weight is 332 g/mol. The van der Waals surface area contributed by atoms with Gasteiger partial charge in [0.25, 0.3) is 0 Å². The van der Waals surface area contributed by atoms with Gasteiger partial charge in [0.05, 0.1) is 4.92 Å². The molecule has 0 spiro atoms. The third kappa shape index (κ3) is 3.58. The zero-order chi connectivity index (χ0) is 13.0. The molecule has 1 N–H and O–H groups in total. The topological polar surface area (TPSA) is 68.1 Å². The van der Waals surface area contributed by atoms with E-state index < -0.39 is 4.92 Å². The van der Waals surface area contributed by atoms with E-state index in [1.165, 1.54) is 31.1 Å². The summed E-state index contributed by atoms with van der Waals surface area (Å²) in [7, 11) is 0. The van der Waals surface area contributed by atoms with Crippen LogP contribution < -0.4 is 5.32 Å². The second kappa shape index (κ2) is 6.38. The maximum Gasteiger partial charge on any atom is 0.312 e. The number of anilines is 1. The van der Waals surface area contributed by atoms with Gasteiger partial charge in [0.15, 0.2) is 0 Å². The van der Waals surface area contributed by atoms with Gasteiger partial charge in [-0.3, -0.25) is 10.1 Å². The predicted octanol–water partition coefficient (Wildman–Crippen LogP) is 3.45. The Kier molecular flexibility index (Phi) is 4.82. The van der Waals surface area contributed by atoms with E-state index >= 15 is 0 Å². The largest absolute Gasteiger partial charge is 0.363 e. The van der Waals surface area contributed by atoms with Gasteiger partial charge in [-0.05, 0) is 34.5 Å². The summed E-state index contributed by atoms with van der Waals surface area (Å²) in [5.41, 5.74) is 0.0187. The lowest BCUT2D eigenvalue weighted by atomic mass is 10.2. The van der Waals surface area contributed by atoms with Gasteiger partial charge in [-0.15, -0.1) is 0 Å². The van der Waals surface area contributed by atoms with Crippen LogP contribution in [0.2, 0.25) is 0 Å². The first-order valence-electron chi connectivity index (χ1n) is 5.82. The monoisotopic (exact) mass is 331 g/mol. The molecular weight excluding hydrogens is 318 g/mol. The van der Waals surface area contributed by atoms with Crippen molar-refractivity contribution in [3.05, 3.63) is 26.9 Å². The molecule has 1 aromatic rings. The number of hydrogen-bond acceptors (Lipinski definition) is 5. The Morgan fingerprint density at radius 2 is 2.44 bits per heavy atom. The van der Waals surface area contributed by atoms with Crippen LogP contribution >= 0.6 is 27.7 Å². The molecule has 0 radical (unpaired) electrons. The van der Waals surface area contributed by atoms with Gasteiger partial charge in [-0.2, -0.15) is 11.8 Å². The van der Waals surface area contributed by atoms with Crippen molar-refractivity contribution in [1.82, 2.24) is 4.98 Å². The fourth-order valence-electron chi connectivity index (χ4n) is 1.88. The molecule has 18 heavy (non-hydrogen) atoms. The fraction of sp³-hybridized carbons (Fsp3) is 0.545. The van der Waals surface area contributed by atoms with Gasteiger partial charge < -0.3 is 5.32 Å². The van der Waals surface area contributed by atoms with Crippen molar-refractivity contribution in [3.63, 3.8) is 0 Å². The lowest BCUT2D eigenvalue weighted by Gasteiger charge is -2.21. The number of pyridine rings is 1. The van der Waals surface area contributed by atoms with Gasteiger partial charge in [0.2, 0.25) is 5.82 Å². The predicted molar refractivity (Wildman–Crippen MR) is 77.2 cm³/mol. The highest BCUT2D eigenvalue weighted by Gasteiger charge is 2.18. The minimum atomic E-state index is -0.409. The molecule has 1 aliphatic heterocycles. The molecular formula is C11H14BrN3O2S. The summed E-state index contributed by atoms with van der Waals surface area (Å²) in [6, 6.07) is 1.48. The molecule has 2 rings (SSSR count). The summed E-state index contributed by atoms with van der Waals surface area (Å²) < 4.78 is 0.617. The number of hydrogen-bond donors (Lipinski definition) is 1. The quantitative estimate of drug-likeness (QED) is 0.676. The molecule has 2 heterocycles. The normalized spacial score (nSPS) is 19.5. The Labute approximate surface area is 118 Å². The molecule has 0 bridgehead atoms. The first-order valence-corrected chi connectivity index (χ1v) is 7.66. The summed E-state index contributed by atoms with van der Waals surface area (Å²) >= 11 is 5.12. The molecule has 1 atom stereocenters. The van der Waals surface area contributed by atoms with Crippen molar-refractivity contribution in [1.29, 1.82) is 0 Å². The first kappa shape index (κ1) is 13.6. The van der Waals surface area contributed by atoms with Gasteiger partial charge >= 0.3 is 5.69 Å². The molecule has 1 saturated heterocycles. The van der Waals surface area contributed by atoms with Gasteiger partial charge in [0, 0.05) is 28.5 Å². The van der Waals surface area contributed by atoms with Crippen LogP contribution in [0.5, 0.6) is 0 Å². The van der Waals surface area contributed by atoms with Crippen LogP contribution in [-0.4, -0.2) is 27.5 Å². The van der Waals surface area contributed by atoms with E-state index in [1.54, 1.807) is 6.20 Å². The molecule has 7 heteroatoms. The number of nitrogens with one attached hydrogen (secondary N) is 1. The third-order valence-corrected chi connectivity index (χ3v) is 4.63. The molecule has 1 fully saturated rings. The van der Waals surface area contributed by atoms with Crippen molar-refractivity contribution in [2.24, 2.45) is 0 Å². The number of aromatic nitrogens is 1. The van der Waals surface area contributed by atoms with Gasteiger partial charge in [-0.25, -0.2) is 4.98 Å². The highest BCUT2D eigenvalue weighted by molar-refractivity contribution is 9.10. The highest BCUT2D eigenvalue weighted by atomic mass is 79.9. The van der Waals surface area contributed by atoms with E-state index in [2.05, 4.69) is 26.2 Å². The lowest BCUT2D eigenvalue weighted by Crippen LogP contribution is -2.20. The van der Waals surface area contributed by atoms with Crippen molar-refractivity contribution in [3.8, 4) is 0 Å². The maximum atomic E-state index is 10.9. The molecule has 98 valence electrons. The summed E-state index contributed by atoms with van der Waals surface area (Å²) in [5, 5.41) is 14.6. The van der Waals surface area contributed by atoms with E-state index in [0.29, 0.717) is 15.5 Å². The molecule has 0 aromatic carbocycles. The van der Waals surface area contributed by atoms with Crippen molar-refractivity contribution >= 4 is 39.2 Å². The SMILES string of the molecule is O=[N+]([O-])c1cc(Br)cnc1NCC1CCCCS1. The van der Waals surface area contributed by atoms with Crippen LogP contribution in [0.1, 0.15) is 19.3 Å². The molecule has 0 aliphatic carbocycles. The summed E-state index contributed by atoms with van der Waals surface area (Å²) in [6.07, 6.45) is 5.26. The number of rotatable bonds is 4. The summed E-state index contributed by atoms with van der Waals surface area (Å²) in [4.78, 5) is 14.6. The van der Waals surface area contributed by atoms with Crippen LogP contribution in [0.3, 0.4) is 0 Å². The Balaban J connectivity index is 2.01. The lowest BCUT2D eigenvalue weighted by molar-refractivity contribution is -0.384. The minimum Gasteiger partial charge on any atom is -0.363 e. The first-order chi connectivity index (χ1) is 8.66. The molecule has 1 aliphatic rings. The standard InChI is InChI=1S/C11H14BrN3O2S/c12-8-5-10(15(16)17)11(13-6-8)14-7-9-3-1-2-4-18-9/h5-6,9H,1-4,7H2,(H,13,14). The second-order valence-electron chi connectivity index (χ2n) is 4.15. The Morgan fingerprint density at radius 3 is 3.11 bits per heavy atom. The van der Waals surface area contributed by atoms with Gasteiger partial charge in [0.1, 0.15) is 0 Å². The maximum absolute atomic E-state index is 10.9. The molecule has 0 amide bonds. The van der Waals surface area contributed by atoms with E-state index in [-0.39, 0.29) is 5.69 Å². The van der Waals surface area contributed by atoms with Crippen LogP contribution in [0.25, 0.3) is 0 Å². The van der Waals surface area contributed by atoms with E-state index in [1.807, 2.05) is 11.8 Å². The Morgan fingerprint density at radius 1 is 1.61 bits per heavy atom. The Bertz CT molecular complexity index is 438. The van der Waals surface area contributed by atoms with Crippen molar-refractivity contribution < 1.29 is 4.92 Å². The van der Waals surface area contributed by atoms with E-state index in [4.69, 9.17) is 0 Å². The third-order valence-electron chi connectivity index (χ3n) is 2.80. The molecule has 0 saturated carbocycles. The molecule has 1 aromatic heterocycles. The minimum absolute atomic E-state index is 0.0187. The van der Waals surface area contributed by atoms with E-state index in [0.717, 1.165) is 6.54 Å². The number of halogens is 1. The zero-order valence-corrected chi connectivity index (χ0v) is 12.2. The summed E-state index contributed by atoms with van der Waals surface area (Å²) in [5.74, 6) is 1.54. The summed E-state index contributed by atoms with van der Waals surface area (Å²) in [6.45, 7) is 0.736. The number of thioether (sulfide) groups is 1. The van der Waals surface area contributed by atoms with Crippen molar-refractivity contribution in [2.45, 2.75) is 24.5 Å². The number of nitrogens with zero attached hydrogens (tertiary/aromatic N) is 2. The van der Waals surface area contributed by atoms with Crippen LogP contribution in [0, 0.1) is 10.1 Å².